The van der Waals surface area contributed by atoms with Gasteiger partial charge in [0.05, 0.1) is 11.1 Å². The topological polar surface area (TPSA) is 34.2 Å². The van der Waals surface area contributed by atoms with Crippen LogP contribution >= 0.6 is 0 Å². The Morgan fingerprint density at radius 2 is 1.81 bits per heavy atom. The highest BCUT2D eigenvalue weighted by atomic mass is 16.5. The molecule has 6 rings (SSSR count). The van der Waals surface area contributed by atoms with Gasteiger partial charge in [0.1, 0.15) is 23.0 Å². The minimum atomic E-state index is -2.28. The van der Waals surface area contributed by atoms with Gasteiger partial charge in [0.15, 0.2) is 11.0 Å². The molecule has 0 fully saturated rings. The van der Waals surface area contributed by atoms with Crippen molar-refractivity contribution in [1.29, 1.82) is 0 Å². The van der Waals surface area contributed by atoms with Crippen molar-refractivity contribution in [2.24, 2.45) is 6.98 Å². The summed E-state index contributed by atoms with van der Waals surface area (Å²) in [5.74, 6) is 2.37. The van der Waals surface area contributed by atoms with Crippen LogP contribution in [0.2, 0.25) is 0 Å². The minimum Gasteiger partial charge on any atom is -0.457 e. The van der Waals surface area contributed by atoms with Crippen LogP contribution in [0.1, 0.15) is 42.4 Å². The predicted octanol–water partition coefficient (Wildman–Crippen LogP) is 7.02. The molecule has 1 aliphatic rings. The van der Waals surface area contributed by atoms with Crippen molar-refractivity contribution < 1.29 is 13.4 Å². The molecular weight excluding hydrogens is 456 g/mol. The Morgan fingerprint density at radius 3 is 2.68 bits per heavy atom. The van der Waals surface area contributed by atoms with Crippen LogP contribution in [0.4, 0.5) is 11.5 Å². The van der Waals surface area contributed by atoms with Crippen molar-refractivity contribution in [3.05, 3.63) is 103 Å². The van der Waals surface area contributed by atoms with Crippen LogP contribution < -0.4 is 14.2 Å². The molecule has 37 heavy (non-hydrogen) atoms. The number of aryl methyl sites for hydroxylation is 2. The molecule has 0 atom stereocenters. The molecule has 0 N–H and O–H groups in total. The summed E-state index contributed by atoms with van der Waals surface area (Å²) in [6.07, 6.45) is 5.62. The number of pyridine rings is 1. The fraction of sp³-hybridized carbons (Fsp3) is 0.250. The molecule has 5 heteroatoms. The summed E-state index contributed by atoms with van der Waals surface area (Å²) in [7, 11) is 0. The molecule has 0 radical (unpaired) electrons. The average Bonchev–Trinajstić information content (AvgIpc) is 3.33. The monoisotopic (exact) mass is 492 g/mol. The van der Waals surface area contributed by atoms with Crippen molar-refractivity contribution in [3.63, 3.8) is 0 Å². The van der Waals surface area contributed by atoms with Gasteiger partial charge in [-0.1, -0.05) is 45.0 Å². The molecule has 3 heterocycles. The van der Waals surface area contributed by atoms with Crippen LogP contribution in [0.15, 0.2) is 91.4 Å². The van der Waals surface area contributed by atoms with E-state index in [9.17, 15) is 0 Å². The summed E-state index contributed by atoms with van der Waals surface area (Å²) >= 11 is 0. The van der Waals surface area contributed by atoms with E-state index in [0.29, 0.717) is 11.3 Å². The van der Waals surface area contributed by atoms with Gasteiger partial charge >= 0.3 is 0 Å². The van der Waals surface area contributed by atoms with E-state index in [1.54, 1.807) is 6.33 Å². The van der Waals surface area contributed by atoms with E-state index >= 15 is 0 Å². The summed E-state index contributed by atoms with van der Waals surface area (Å²) in [6.45, 7) is 5.27. The van der Waals surface area contributed by atoms with Crippen LogP contribution in [0, 0.1) is 0 Å². The van der Waals surface area contributed by atoms with E-state index < -0.39 is 6.98 Å². The Kier molecular flexibility index (Phi) is 4.90. The molecule has 0 unspecified atom stereocenters. The number of imidazole rings is 1. The average molecular weight is 493 g/mol. The number of hydrogen-bond acceptors (Lipinski definition) is 3. The van der Waals surface area contributed by atoms with E-state index in [1.807, 2.05) is 65.4 Å². The Labute approximate surface area is 222 Å². The first-order chi connectivity index (χ1) is 19.1. The number of nitrogens with zero attached hydrogens (tertiary/aromatic N) is 4. The fourth-order valence-corrected chi connectivity index (χ4v) is 5.04. The van der Waals surface area contributed by atoms with Crippen LogP contribution in [0.25, 0.3) is 16.7 Å². The molecule has 1 aliphatic heterocycles. The molecule has 186 valence electrons. The highest BCUT2D eigenvalue weighted by Crippen LogP contribution is 2.37. The maximum Gasteiger partial charge on any atom is 0.249 e. The molecule has 0 saturated carbocycles. The summed E-state index contributed by atoms with van der Waals surface area (Å²) in [5.41, 5.74) is 5.97. The van der Waals surface area contributed by atoms with Crippen LogP contribution in [-0.4, -0.2) is 16.1 Å². The van der Waals surface area contributed by atoms with Crippen molar-refractivity contribution in [2.45, 2.75) is 39.0 Å². The smallest absolute Gasteiger partial charge is 0.249 e. The number of para-hydroxylation sites is 2. The lowest BCUT2D eigenvalue weighted by Crippen LogP contribution is -2.26. The van der Waals surface area contributed by atoms with Crippen molar-refractivity contribution in [1.82, 2.24) is 9.55 Å². The second kappa shape index (κ2) is 9.07. The predicted molar refractivity (Wildman–Crippen MR) is 149 cm³/mol. The lowest BCUT2D eigenvalue weighted by molar-refractivity contribution is -0.645. The van der Waals surface area contributed by atoms with E-state index in [2.05, 4.69) is 49.9 Å². The van der Waals surface area contributed by atoms with Gasteiger partial charge in [-0.3, -0.25) is 0 Å². The van der Waals surface area contributed by atoms with Gasteiger partial charge < -0.3 is 9.64 Å². The number of aromatic nitrogens is 3. The van der Waals surface area contributed by atoms with Crippen molar-refractivity contribution in [2.75, 3.05) is 11.4 Å². The van der Waals surface area contributed by atoms with E-state index in [-0.39, 0.29) is 5.41 Å². The van der Waals surface area contributed by atoms with Gasteiger partial charge in [0, 0.05) is 30.6 Å². The Morgan fingerprint density at radius 1 is 0.946 bits per heavy atom. The molecule has 0 amide bonds. The quantitative estimate of drug-likeness (QED) is 0.253. The fourth-order valence-electron chi connectivity index (χ4n) is 5.04. The number of fused-ring (bicyclic) bond motifs is 2. The highest BCUT2D eigenvalue weighted by Gasteiger charge is 2.22. The first-order valence-electron chi connectivity index (χ1n) is 14.3. The third kappa shape index (κ3) is 4.46. The Hall–Kier alpha value is -4.12. The van der Waals surface area contributed by atoms with E-state index in [0.717, 1.165) is 47.8 Å². The lowest BCUT2D eigenvalue weighted by atomic mass is 9.87. The summed E-state index contributed by atoms with van der Waals surface area (Å²) in [6, 6.07) is 25.8. The Bertz CT molecular complexity index is 1700. The van der Waals surface area contributed by atoms with E-state index in [4.69, 9.17) is 13.8 Å². The zero-order valence-electron chi connectivity index (χ0n) is 24.5. The lowest BCUT2D eigenvalue weighted by Gasteiger charge is -2.32. The molecule has 3 aromatic carbocycles. The zero-order chi connectivity index (χ0) is 28.1. The van der Waals surface area contributed by atoms with E-state index in [1.165, 1.54) is 15.7 Å². The largest absolute Gasteiger partial charge is 0.457 e. The summed E-state index contributed by atoms with van der Waals surface area (Å²) in [5, 5.41) is 0. The number of benzene rings is 3. The molecule has 0 aliphatic carbocycles. The maximum atomic E-state index is 7.97. The van der Waals surface area contributed by atoms with Gasteiger partial charge in [-0.15, -0.1) is 0 Å². The van der Waals surface area contributed by atoms with Crippen molar-refractivity contribution in [3.8, 4) is 17.2 Å². The molecule has 2 aromatic heterocycles. The molecule has 5 nitrogen and oxygen atoms in total. The number of rotatable bonds is 4. The number of hydrogen-bond donors (Lipinski definition) is 0. The summed E-state index contributed by atoms with van der Waals surface area (Å²) in [4.78, 5) is 7.01. The van der Waals surface area contributed by atoms with Crippen LogP contribution in [0.3, 0.4) is 0 Å². The second-order valence-electron chi connectivity index (χ2n) is 10.6. The normalized spacial score (nSPS) is 15.1. The van der Waals surface area contributed by atoms with Gasteiger partial charge in [-0.2, -0.15) is 4.57 Å². The zero-order valence-corrected chi connectivity index (χ0v) is 21.5. The van der Waals surface area contributed by atoms with Crippen LogP contribution in [0.5, 0.6) is 11.5 Å². The van der Waals surface area contributed by atoms with Gasteiger partial charge in [0.2, 0.25) is 6.33 Å². The molecule has 0 spiro atoms. The first kappa shape index (κ1) is 20.0. The maximum absolute atomic E-state index is 7.97. The third-order valence-electron chi connectivity index (χ3n) is 7.03. The van der Waals surface area contributed by atoms with Crippen molar-refractivity contribution >= 4 is 22.5 Å². The van der Waals surface area contributed by atoms with Gasteiger partial charge in [-0.05, 0) is 71.8 Å². The second-order valence-corrected chi connectivity index (χ2v) is 10.6. The first-order valence-corrected chi connectivity index (χ1v) is 12.8. The number of anilines is 2. The standard InChI is InChI=1S/C32H33N4O/c1-32(2,3)24-16-17-33-31(19-24)35-18-8-9-23-14-15-27(21-30(23)35)37-26-11-7-10-25(20-26)36-22-34(4)28-12-5-6-13-29(28)36/h5-7,10-17,19-22H,8-9,18H2,1-4H3/q+1/i4D3. The highest BCUT2D eigenvalue weighted by molar-refractivity contribution is 5.74. The minimum absolute atomic E-state index is 0.0418. The van der Waals surface area contributed by atoms with Crippen LogP contribution in [-0.2, 0) is 18.8 Å². The third-order valence-corrected chi connectivity index (χ3v) is 7.03. The summed E-state index contributed by atoms with van der Waals surface area (Å²) < 4.78 is 33.5. The van der Waals surface area contributed by atoms with Gasteiger partial charge in [0.25, 0.3) is 0 Å². The molecule has 5 aromatic rings. The Balaban J connectivity index is 1.33. The SMILES string of the molecule is [2H]C([2H])([2H])[n+]1cn(-c2cccc(Oc3ccc4c(c3)N(c3cc(C(C)(C)C)ccn3)CCC4)c2)c2ccccc21. The van der Waals surface area contributed by atoms with Gasteiger partial charge in [-0.25, -0.2) is 9.55 Å². The molecule has 0 bridgehead atoms. The molecular formula is C32H33N4O+. The molecule has 0 saturated heterocycles. The number of ether oxygens (including phenoxy) is 1.